The van der Waals surface area contributed by atoms with Crippen LogP contribution in [0.3, 0.4) is 0 Å². The third kappa shape index (κ3) is 2.62. The third-order valence-electron chi connectivity index (χ3n) is 6.12. The molecule has 0 amide bonds. The van der Waals surface area contributed by atoms with Crippen LogP contribution >= 0.6 is 34.3 Å². The third-order valence-corrected chi connectivity index (χ3v) is 8.79. The van der Waals surface area contributed by atoms with Gasteiger partial charge in [-0.25, -0.2) is 0 Å². The van der Waals surface area contributed by atoms with Crippen molar-refractivity contribution < 1.29 is 0 Å². The summed E-state index contributed by atoms with van der Waals surface area (Å²) in [4.78, 5) is 0. The average Bonchev–Trinajstić information content (AvgIpc) is 3.39. The number of anilines is 2. The average molecular weight is 466 g/mol. The minimum absolute atomic E-state index is 0.723. The minimum atomic E-state index is 0.723. The van der Waals surface area contributed by atoms with Gasteiger partial charge in [-0.1, -0.05) is 66.2 Å². The molecule has 32 heavy (non-hydrogen) atoms. The van der Waals surface area contributed by atoms with Crippen molar-refractivity contribution in [3.63, 3.8) is 0 Å². The molecule has 0 spiro atoms. The second-order valence-corrected chi connectivity index (χ2v) is 10.5. The monoisotopic (exact) mass is 465 g/mol. The molecule has 0 saturated heterocycles. The van der Waals surface area contributed by atoms with Gasteiger partial charge >= 0.3 is 0 Å². The molecule has 0 radical (unpaired) electrons. The predicted octanol–water partition coefficient (Wildman–Crippen LogP) is 9.97. The van der Waals surface area contributed by atoms with Gasteiger partial charge in [0.1, 0.15) is 0 Å². The van der Waals surface area contributed by atoms with Crippen LogP contribution < -0.4 is 5.32 Å². The highest BCUT2D eigenvalue weighted by atomic mass is 35.5. The number of fused-ring (bicyclic) bond motifs is 9. The van der Waals surface area contributed by atoms with Gasteiger partial charge in [-0.3, -0.25) is 0 Å². The van der Waals surface area contributed by atoms with Gasteiger partial charge in [-0.2, -0.15) is 0 Å². The smallest absolute Gasteiger partial charge is 0.0640 e. The van der Waals surface area contributed by atoms with Crippen molar-refractivity contribution in [2.45, 2.75) is 0 Å². The number of thiophene rings is 2. The normalized spacial score (nSPS) is 11.9. The Morgan fingerprint density at radius 2 is 1.22 bits per heavy atom. The second-order valence-electron chi connectivity index (χ2n) is 7.96. The van der Waals surface area contributed by atoms with E-state index < -0.39 is 0 Å². The first-order chi connectivity index (χ1) is 15.8. The van der Waals surface area contributed by atoms with E-state index in [9.17, 15) is 0 Å². The fourth-order valence-electron chi connectivity index (χ4n) is 4.72. The number of para-hydroxylation sites is 1. The second kappa shape index (κ2) is 6.94. The SMILES string of the molecule is Clc1ccccc1Nc1cc2c(ccc3sc4ccccc4c32)c2c1sc1ccccc12. The van der Waals surface area contributed by atoms with E-state index in [1.807, 2.05) is 46.9 Å². The molecule has 0 aliphatic carbocycles. The predicted molar refractivity (Wildman–Crippen MR) is 144 cm³/mol. The topological polar surface area (TPSA) is 12.0 Å². The number of nitrogens with one attached hydrogen (secondary N) is 1. The fraction of sp³-hybridized carbons (Fsp3) is 0. The van der Waals surface area contributed by atoms with Crippen molar-refractivity contribution in [1.29, 1.82) is 0 Å². The van der Waals surface area contributed by atoms with E-state index in [4.69, 9.17) is 11.6 Å². The molecule has 2 heterocycles. The van der Waals surface area contributed by atoms with Crippen molar-refractivity contribution in [2.24, 2.45) is 0 Å². The van der Waals surface area contributed by atoms with Crippen LogP contribution in [0.2, 0.25) is 5.02 Å². The van der Waals surface area contributed by atoms with Crippen molar-refractivity contribution in [1.82, 2.24) is 0 Å². The lowest BCUT2D eigenvalue weighted by molar-refractivity contribution is 1.60. The van der Waals surface area contributed by atoms with Gasteiger partial charge in [0, 0.05) is 35.6 Å². The molecule has 1 N–H and O–H groups in total. The van der Waals surface area contributed by atoms with Crippen molar-refractivity contribution in [3.8, 4) is 0 Å². The molecule has 7 aromatic rings. The summed E-state index contributed by atoms with van der Waals surface area (Å²) in [5.41, 5.74) is 2.03. The Hall–Kier alpha value is -3.11. The van der Waals surface area contributed by atoms with E-state index in [2.05, 4.69) is 72.0 Å². The van der Waals surface area contributed by atoms with Crippen LogP contribution in [0, 0.1) is 0 Å². The molecular formula is C28H16ClNS2. The Bertz CT molecular complexity index is 1830. The van der Waals surface area contributed by atoms with Crippen LogP contribution in [0.4, 0.5) is 11.4 Å². The van der Waals surface area contributed by atoms with E-state index in [1.54, 1.807) is 0 Å². The van der Waals surface area contributed by atoms with Crippen molar-refractivity contribution in [3.05, 3.63) is 96.0 Å². The first kappa shape index (κ1) is 18.5. The molecule has 0 fully saturated rings. The van der Waals surface area contributed by atoms with Gasteiger partial charge in [0.2, 0.25) is 0 Å². The lowest BCUT2D eigenvalue weighted by atomic mass is 9.98. The molecule has 0 bridgehead atoms. The van der Waals surface area contributed by atoms with Gasteiger partial charge < -0.3 is 5.32 Å². The zero-order valence-electron chi connectivity index (χ0n) is 16.9. The fourth-order valence-corrected chi connectivity index (χ4v) is 7.22. The lowest BCUT2D eigenvalue weighted by Gasteiger charge is -2.12. The first-order valence-electron chi connectivity index (χ1n) is 10.5. The lowest BCUT2D eigenvalue weighted by Crippen LogP contribution is -1.92. The molecule has 0 saturated carbocycles. The molecular weight excluding hydrogens is 450 g/mol. The number of hydrogen-bond donors (Lipinski definition) is 1. The van der Waals surface area contributed by atoms with Gasteiger partial charge in [-0.15, -0.1) is 22.7 Å². The molecule has 1 nitrogen and oxygen atoms in total. The van der Waals surface area contributed by atoms with E-state index in [-0.39, 0.29) is 0 Å². The molecule has 0 atom stereocenters. The molecule has 152 valence electrons. The van der Waals surface area contributed by atoms with E-state index in [0.29, 0.717) is 0 Å². The summed E-state index contributed by atoms with van der Waals surface area (Å²) in [6, 6.07) is 32.3. The van der Waals surface area contributed by atoms with Crippen LogP contribution in [-0.4, -0.2) is 0 Å². The Balaban J connectivity index is 1.67. The molecule has 0 aliphatic rings. The molecule has 0 aliphatic heterocycles. The number of rotatable bonds is 2. The van der Waals surface area contributed by atoms with Gasteiger partial charge in [-0.05, 0) is 47.2 Å². The highest BCUT2D eigenvalue weighted by Crippen LogP contribution is 2.47. The standard InChI is InChI=1S/C28H16ClNS2/c29-20-9-3-4-10-21(20)30-22-15-19-16(27-18-8-2-6-12-24(18)32-28(22)27)13-14-25-26(19)17-7-1-5-11-23(17)31-25/h1-15,30H. The Morgan fingerprint density at radius 3 is 2.03 bits per heavy atom. The maximum Gasteiger partial charge on any atom is 0.0640 e. The first-order valence-corrected chi connectivity index (χ1v) is 12.5. The number of halogens is 1. The Morgan fingerprint density at radius 1 is 0.531 bits per heavy atom. The summed E-state index contributed by atoms with van der Waals surface area (Å²) >= 11 is 10.2. The molecule has 0 unspecified atom stereocenters. The quantitative estimate of drug-likeness (QED) is 0.268. The summed E-state index contributed by atoms with van der Waals surface area (Å²) in [7, 11) is 0. The maximum absolute atomic E-state index is 6.52. The highest BCUT2D eigenvalue weighted by Gasteiger charge is 2.17. The van der Waals surface area contributed by atoms with Gasteiger partial charge in [0.15, 0.2) is 0 Å². The maximum atomic E-state index is 6.52. The van der Waals surface area contributed by atoms with E-state index >= 15 is 0 Å². The van der Waals surface area contributed by atoms with Gasteiger partial charge in [0.05, 0.1) is 21.1 Å². The van der Waals surface area contributed by atoms with Crippen molar-refractivity contribution >= 4 is 96.8 Å². The van der Waals surface area contributed by atoms with Gasteiger partial charge in [0.25, 0.3) is 0 Å². The van der Waals surface area contributed by atoms with E-state index in [0.717, 1.165) is 16.4 Å². The zero-order chi connectivity index (χ0) is 21.2. The summed E-state index contributed by atoms with van der Waals surface area (Å²) < 4.78 is 5.21. The summed E-state index contributed by atoms with van der Waals surface area (Å²) in [5, 5.41) is 12.2. The largest absolute Gasteiger partial charge is 0.353 e. The minimum Gasteiger partial charge on any atom is -0.353 e. The zero-order valence-corrected chi connectivity index (χ0v) is 19.2. The Labute approximate surface area is 197 Å². The molecule has 7 rings (SSSR count). The van der Waals surface area contributed by atoms with Crippen LogP contribution in [0.25, 0.3) is 51.1 Å². The van der Waals surface area contributed by atoms with E-state index in [1.165, 1.54) is 51.1 Å². The van der Waals surface area contributed by atoms with Crippen LogP contribution in [-0.2, 0) is 0 Å². The van der Waals surface area contributed by atoms with Crippen LogP contribution in [0.15, 0.2) is 91.0 Å². The molecule has 5 aromatic carbocycles. The molecule has 4 heteroatoms. The summed E-state index contributed by atoms with van der Waals surface area (Å²) in [6.07, 6.45) is 0. The van der Waals surface area contributed by atoms with Crippen LogP contribution in [0.5, 0.6) is 0 Å². The highest BCUT2D eigenvalue weighted by molar-refractivity contribution is 7.27. The number of hydrogen-bond acceptors (Lipinski definition) is 3. The number of benzene rings is 5. The summed E-state index contributed by atoms with van der Waals surface area (Å²) in [6.45, 7) is 0. The van der Waals surface area contributed by atoms with Crippen molar-refractivity contribution in [2.75, 3.05) is 5.32 Å². The molecule has 2 aromatic heterocycles. The summed E-state index contributed by atoms with van der Waals surface area (Å²) in [5.74, 6) is 0. The Kier molecular flexibility index (Phi) is 4.01. The van der Waals surface area contributed by atoms with Crippen LogP contribution in [0.1, 0.15) is 0 Å².